The lowest BCUT2D eigenvalue weighted by Gasteiger charge is -2.31. The summed E-state index contributed by atoms with van der Waals surface area (Å²) >= 11 is 0. The first-order valence-electron chi connectivity index (χ1n) is 10.7. The van der Waals surface area contributed by atoms with Crippen LogP contribution in [0.5, 0.6) is 0 Å². The van der Waals surface area contributed by atoms with Crippen molar-refractivity contribution >= 4 is 5.97 Å². The van der Waals surface area contributed by atoms with Gasteiger partial charge >= 0.3 is 12.1 Å². The van der Waals surface area contributed by atoms with Crippen LogP contribution in [-0.4, -0.2) is 18.0 Å². The predicted molar refractivity (Wildman–Crippen MR) is 114 cm³/mol. The molecular formula is C25H20F6N2O2. The molecule has 0 bridgehead atoms. The van der Waals surface area contributed by atoms with Crippen LogP contribution >= 0.6 is 0 Å². The van der Waals surface area contributed by atoms with Crippen molar-refractivity contribution in [1.82, 2.24) is 10.6 Å². The molecule has 3 aromatic rings. The number of carbonyl (C=O) groups is 1. The summed E-state index contributed by atoms with van der Waals surface area (Å²) in [5, 5.41) is 5.77. The second kappa shape index (κ2) is 9.71. The largest absolute Gasteiger partial charge is 0.491 e. The second-order valence-corrected chi connectivity index (χ2v) is 8.19. The highest BCUT2D eigenvalue weighted by atomic mass is 19.4. The molecule has 1 heterocycles. The number of carbonyl (C=O) groups excluding carboxylic acids is 1. The Bertz CT molecular complexity index is 1150. The van der Waals surface area contributed by atoms with Crippen LogP contribution in [0.3, 0.4) is 0 Å². The first-order chi connectivity index (χ1) is 16.5. The van der Waals surface area contributed by atoms with Crippen molar-refractivity contribution in [3.63, 3.8) is 0 Å². The number of ether oxygens (including phenoxy) is 1. The van der Waals surface area contributed by atoms with Crippen LogP contribution in [0.4, 0.5) is 26.3 Å². The van der Waals surface area contributed by atoms with E-state index in [2.05, 4.69) is 10.6 Å². The van der Waals surface area contributed by atoms with Gasteiger partial charge in [-0.1, -0.05) is 36.4 Å². The van der Waals surface area contributed by atoms with E-state index in [0.717, 1.165) is 0 Å². The van der Waals surface area contributed by atoms with Gasteiger partial charge in [0.1, 0.15) is 17.5 Å². The fraction of sp³-hybridized carbons (Fsp3) is 0.240. The summed E-state index contributed by atoms with van der Waals surface area (Å²) in [4.78, 5) is 11.9. The average Bonchev–Trinajstić information content (AvgIpc) is 3.18. The molecule has 2 unspecified atom stereocenters. The third kappa shape index (κ3) is 5.83. The Kier molecular flexibility index (Phi) is 6.86. The van der Waals surface area contributed by atoms with Gasteiger partial charge in [-0.3, -0.25) is 10.6 Å². The molecule has 4 rings (SSSR count). The van der Waals surface area contributed by atoms with E-state index in [0.29, 0.717) is 16.7 Å². The Morgan fingerprint density at radius 2 is 1.31 bits per heavy atom. The second-order valence-electron chi connectivity index (χ2n) is 8.19. The van der Waals surface area contributed by atoms with Crippen molar-refractivity contribution in [3.8, 4) is 0 Å². The van der Waals surface area contributed by atoms with Crippen molar-refractivity contribution in [3.05, 3.63) is 107 Å². The maximum absolute atomic E-state index is 14.0. The van der Waals surface area contributed by atoms with Crippen LogP contribution < -0.4 is 10.6 Å². The maximum atomic E-state index is 14.0. The monoisotopic (exact) mass is 494 g/mol. The number of alkyl halides is 3. The number of benzene rings is 3. The molecule has 2 atom stereocenters. The van der Waals surface area contributed by atoms with Crippen molar-refractivity contribution in [1.29, 1.82) is 0 Å². The van der Waals surface area contributed by atoms with Gasteiger partial charge in [0.15, 0.2) is 0 Å². The van der Waals surface area contributed by atoms with E-state index in [-0.39, 0.29) is 12.8 Å². The van der Waals surface area contributed by atoms with Crippen LogP contribution in [0.2, 0.25) is 0 Å². The molecular weight excluding hydrogens is 474 g/mol. The normalized spacial score (nSPS) is 22.2. The summed E-state index contributed by atoms with van der Waals surface area (Å²) in [6, 6.07) is 14.3. The molecule has 1 saturated heterocycles. The molecule has 0 aliphatic carbocycles. The molecule has 0 aromatic heterocycles. The lowest BCUT2D eigenvalue weighted by atomic mass is 9.95. The number of aryl methyl sites for hydroxylation is 1. The SMILES string of the molecule is O=C(OC1(CCc2ccc(F)cc2)NC(c2cccc(F)c2)C(c2cccc(F)c2)N1)C(F)(F)F. The first kappa shape index (κ1) is 24.7. The minimum atomic E-state index is -5.28. The van der Waals surface area contributed by atoms with Gasteiger partial charge < -0.3 is 4.74 Å². The van der Waals surface area contributed by atoms with Crippen LogP contribution in [0.1, 0.15) is 35.2 Å². The third-order valence-corrected chi connectivity index (χ3v) is 5.70. The zero-order chi connectivity index (χ0) is 25.2. The lowest BCUT2D eigenvalue weighted by molar-refractivity contribution is -0.219. The minimum absolute atomic E-state index is 0.0944. The van der Waals surface area contributed by atoms with Gasteiger partial charge in [0.05, 0.1) is 12.1 Å². The number of hydrogen-bond donors (Lipinski definition) is 2. The minimum Gasteiger partial charge on any atom is -0.424 e. The highest BCUT2D eigenvalue weighted by Gasteiger charge is 2.52. The van der Waals surface area contributed by atoms with Gasteiger partial charge in [0.25, 0.3) is 0 Å². The van der Waals surface area contributed by atoms with Crippen LogP contribution in [0.15, 0.2) is 72.8 Å². The molecule has 4 nitrogen and oxygen atoms in total. The topological polar surface area (TPSA) is 50.4 Å². The van der Waals surface area contributed by atoms with Gasteiger partial charge in [-0.2, -0.15) is 13.2 Å². The van der Waals surface area contributed by atoms with E-state index >= 15 is 0 Å². The molecule has 1 fully saturated rings. The van der Waals surface area contributed by atoms with Crippen LogP contribution in [-0.2, 0) is 16.0 Å². The van der Waals surface area contributed by atoms with Gasteiger partial charge in [-0.15, -0.1) is 0 Å². The number of hydrogen-bond acceptors (Lipinski definition) is 4. The Morgan fingerprint density at radius 1 is 0.800 bits per heavy atom. The van der Waals surface area contributed by atoms with Gasteiger partial charge in [0.2, 0.25) is 5.85 Å². The molecule has 35 heavy (non-hydrogen) atoms. The third-order valence-electron chi connectivity index (χ3n) is 5.70. The van der Waals surface area contributed by atoms with E-state index in [1.807, 2.05) is 0 Å². The standard InChI is InChI=1S/C25H20F6N2O2/c26-18-9-7-15(8-10-18)11-12-24(35-23(34)25(29,30)31)32-21(16-3-1-5-19(27)13-16)22(33-24)17-4-2-6-20(28)14-17/h1-10,13-14,21-22,32-33H,11-12H2. The number of rotatable bonds is 6. The summed E-state index contributed by atoms with van der Waals surface area (Å²) in [5.74, 6) is -6.14. The molecule has 0 amide bonds. The van der Waals surface area contributed by atoms with Gasteiger partial charge in [-0.25, -0.2) is 18.0 Å². The van der Waals surface area contributed by atoms with E-state index < -0.39 is 47.5 Å². The zero-order valence-corrected chi connectivity index (χ0v) is 18.1. The Hall–Kier alpha value is -3.37. The predicted octanol–water partition coefficient (Wildman–Crippen LogP) is 5.47. The Labute approximate surface area is 196 Å². The molecule has 2 N–H and O–H groups in total. The van der Waals surface area contributed by atoms with Crippen molar-refractivity contribution in [2.75, 3.05) is 0 Å². The van der Waals surface area contributed by atoms with Crippen LogP contribution in [0.25, 0.3) is 0 Å². The molecule has 0 radical (unpaired) electrons. The fourth-order valence-corrected chi connectivity index (χ4v) is 4.10. The molecule has 3 aromatic carbocycles. The number of halogens is 6. The highest BCUT2D eigenvalue weighted by Crippen LogP contribution is 2.40. The molecule has 1 aliphatic heterocycles. The van der Waals surface area contributed by atoms with Crippen molar-refractivity contribution < 1.29 is 35.9 Å². The number of esters is 1. The average molecular weight is 494 g/mol. The lowest BCUT2D eigenvalue weighted by Crippen LogP contribution is -2.55. The van der Waals surface area contributed by atoms with Crippen molar-refractivity contribution in [2.24, 2.45) is 0 Å². The molecule has 184 valence electrons. The first-order valence-corrected chi connectivity index (χ1v) is 10.7. The van der Waals surface area contributed by atoms with Crippen LogP contribution in [0, 0.1) is 17.5 Å². The summed E-state index contributed by atoms with van der Waals surface area (Å²) in [6.45, 7) is 0. The van der Waals surface area contributed by atoms with E-state index in [1.54, 1.807) is 12.1 Å². The maximum Gasteiger partial charge on any atom is 0.491 e. The molecule has 1 aliphatic rings. The number of nitrogens with one attached hydrogen (secondary N) is 2. The zero-order valence-electron chi connectivity index (χ0n) is 18.1. The molecule has 0 spiro atoms. The molecule has 10 heteroatoms. The quantitative estimate of drug-likeness (QED) is 0.353. The Balaban J connectivity index is 1.73. The molecule has 0 saturated carbocycles. The van der Waals surface area contributed by atoms with Gasteiger partial charge in [0, 0.05) is 6.42 Å². The van der Waals surface area contributed by atoms with E-state index in [4.69, 9.17) is 4.74 Å². The summed E-state index contributed by atoms with van der Waals surface area (Å²) < 4.78 is 85.7. The smallest absolute Gasteiger partial charge is 0.424 e. The van der Waals surface area contributed by atoms with E-state index in [9.17, 15) is 31.1 Å². The Morgan fingerprint density at radius 3 is 1.77 bits per heavy atom. The summed E-state index contributed by atoms with van der Waals surface area (Å²) in [6.07, 6.45) is -5.38. The summed E-state index contributed by atoms with van der Waals surface area (Å²) in [5.41, 5.74) is 1.27. The highest BCUT2D eigenvalue weighted by molar-refractivity contribution is 5.76. The summed E-state index contributed by atoms with van der Waals surface area (Å²) in [7, 11) is 0. The van der Waals surface area contributed by atoms with Crippen molar-refractivity contribution in [2.45, 2.75) is 37.0 Å². The fourth-order valence-electron chi connectivity index (χ4n) is 4.10. The van der Waals surface area contributed by atoms with Gasteiger partial charge in [-0.05, 0) is 59.5 Å². The van der Waals surface area contributed by atoms with E-state index in [1.165, 1.54) is 60.7 Å².